The Morgan fingerprint density at radius 1 is 0.554 bits per heavy atom. The van der Waals surface area contributed by atoms with Gasteiger partial charge in [-0.15, -0.1) is 26.3 Å². The number of carbonyl (C=O) groups excluding carboxylic acids is 4. The van der Waals surface area contributed by atoms with Crippen molar-refractivity contribution in [3.63, 3.8) is 0 Å². The zero-order valence-corrected chi connectivity index (χ0v) is 67.5. The number of fused-ring (bicyclic) bond motifs is 6. The molecule has 2 fully saturated rings. The third kappa shape index (κ3) is 19.9. The minimum absolute atomic E-state index is 0.0370. The molecule has 12 rings (SSSR count). The molecule has 6 aromatic rings. The van der Waals surface area contributed by atoms with Gasteiger partial charge in [-0.2, -0.15) is 0 Å². The highest BCUT2D eigenvalue weighted by Gasteiger charge is 2.48. The van der Waals surface area contributed by atoms with Crippen LogP contribution in [0.2, 0.25) is 10.0 Å². The van der Waals surface area contributed by atoms with E-state index >= 15 is 0 Å². The number of allylic oxidation sites excluding steroid dienone is 2. The summed E-state index contributed by atoms with van der Waals surface area (Å²) in [6.45, 7) is 22.0. The molecule has 2 saturated carbocycles. The number of amides is 2. The van der Waals surface area contributed by atoms with E-state index in [9.17, 15) is 46.2 Å². The van der Waals surface area contributed by atoms with Gasteiger partial charge >= 0.3 is 11.9 Å². The van der Waals surface area contributed by atoms with Crippen LogP contribution >= 0.6 is 23.2 Å². The van der Waals surface area contributed by atoms with Crippen LogP contribution in [0.15, 0.2) is 184 Å². The summed E-state index contributed by atoms with van der Waals surface area (Å²) in [6.07, 6.45) is 13.1. The van der Waals surface area contributed by atoms with Gasteiger partial charge in [-0.25, -0.2) is 35.9 Å². The number of nitrogens with one attached hydrogen (secondary N) is 2. The summed E-state index contributed by atoms with van der Waals surface area (Å²) in [5.74, 6) is -2.04. The number of hydrogen-bond acceptors (Lipinski definition) is 18. The van der Waals surface area contributed by atoms with Crippen LogP contribution in [0.5, 0.6) is 11.5 Å². The molecule has 24 heteroatoms. The highest BCUT2D eigenvalue weighted by atomic mass is 35.5. The highest BCUT2D eigenvalue weighted by Crippen LogP contribution is 2.50. The van der Waals surface area contributed by atoms with Crippen molar-refractivity contribution in [2.45, 2.75) is 149 Å². The van der Waals surface area contributed by atoms with E-state index in [1.807, 2.05) is 24.3 Å². The number of methoxy groups -OCH3 is 2. The normalized spacial score (nSPS) is 22.5. The van der Waals surface area contributed by atoms with Crippen molar-refractivity contribution in [3.8, 4) is 11.5 Å². The maximum absolute atomic E-state index is 14.2. The smallest absolute Gasteiger partial charge is 0.338 e. The van der Waals surface area contributed by atoms with Gasteiger partial charge < -0.3 is 48.4 Å². The predicted molar refractivity (Wildman–Crippen MR) is 438 cm³/mol. The molecule has 6 aliphatic rings. The van der Waals surface area contributed by atoms with Crippen LogP contribution in [0.25, 0.3) is 0 Å². The second-order valence-corrected chi connectivity index (χ2v) is 35.9. The fraction of sp³-hybridized carbons (Fsp3) is 0.455. The molecule has 2 spiro atoms. The molecule has 0 unspecified atom stereocenters. The number of sulfonamides is 2. The average Bonchev–Trinajstić information content (AvgIpc) is 1.67. The van der Waals surface area contributed by atoms with Crippen molar-refractivity contribution in [1.29, 1.82) is 0 Å². The fourth-order valence-electron chi connectivity index (χ4n) is 17.4. The second kappa shape index (κ2) is 37.8. The summed E-state index contributed by atoms with van der Waals surface area (Å²) in [6, 6.07) is 39.1. The van der Waals surface area contributed by atoms with Crippen LogP contribution in [-0.2, 0) is 62.7 Å². The Balaban J connectivity index is 0.000000221. The van der Waals surface area contributed by atoms with E-state index in [-0.39, 0.29) is 71.7 Å². The van der Waals surface area contributed by atoms with Crippen LogP contribution < -0.4 is 28.7 Å². The third-order valence-electron chi connectivity index (χ3n) is 23.7. The van der Waals surface area contributed by atoms with Gasteiger partial charge in [-0.1, -0.05) is 110 Å². The second-order valence-electron chi connectivity index (χ2n) is 31.2. The van der Waals surface area contributed by atoms with E-state index in [1.54, 1.807) is 135 Å². The van der Waals surface area contributed by atoms with Crippen molar-refractivity contribution < 1.29 is 74.6 Å². The van der Waals surface area contributed by atoms with Gasteiger partial charge in [-0.3, -0.25) is 9.59 Å². The van der Waals surface area contributed by atoms with Crippen molar-refractivity contribution in [1.82, 2.24) is 9.44 Å². The predicted octanol–water partition coefficient (Wildman–Crippen LogP) is 14.6. The Morgan fingerprint density at radius 3 is 1.29 bits per heavy atom. The summed E-state index contributed by atoms with van der Waals surface area (Å²) >= 11 is 12.9. The summed E-state index contributed by atoms with van der Waals surface area (Å²) < 4.78 is 96.7. The number of aliphatic hydroxyl groups is 2. The molecule has 600 valence electrons. The van der Waals surface area contributed by atoms with E-state index in [4.69, 9.17) is 51.6 Å². The first-order valence-corrected chi connectivity index (χ1v) is 42.7. The van der Waals surface area contributed by atoms with E-state index in [1.165, 1.54) is 36.5 Å². The van der Waals surface area contributed by atoms with Crippen molar-refractivity contribution in [2.24, 2.45) is 35.5 Å². The Kier molecular flexibility index (Phi) is 28.5. The summed E-state index contributed by atoms with van der Waals surface area (Å²) in [5.41, 5.74) is 6.46. The Morgan fingerprint density at radius 2 is 0.946 bits per heavy atom. The van der Waals surface area contributed by atoms with Gasteiger partial charge in [0.2, 0.25) is 20.0 Å². The van der Waals surface area contributed by atoms with Crippen molar-refractivity contribution in [3.05, 3.63) is 239 Å². The highest BCUT2D eigenvalue weighted by molar-refractivity contribution is 7.91. The van der Waals surface area contributed by atoms with Gasteiger partial charge in [0.15, 0.2) is 0 Å². The summed E-state index contributed by atoms with van der Waals surface area (Å²) in [5, 5.41) is 20.6. The van der Waals surface area contributed by atoms with Gasteiger partial charge in [0.1, 0.15) is 23.7 Å². The molecule has 20 nitrogen and oxygen atoms in total. The van der Waals surface area contributed by atoms with Crippen LogP contribution in [-0.4, -0.2) is 153 Å². The maximum Gasteiger partial charge on any atom is 0.338 e. The number of aryl methyl sites for hydroxylation is 2. The molecule has 4 aliphatic carbocycles. The first kappa shape index (κ1) is 84.6. The van der Waals surface area contributed by atoms with E-state index in [2.05, 4.69) is 57.7 Å². The number of esters is 2. The molecule has 0 bridgehead atoms. The first-order chi connectivity index (χ1) is 53.7. The minimum Gasteiger partial charge on any atom is -0.490 e. The standard InChI is InChI=1S/2C44H53ClN2O8S/c2*1-5-11-29(3)41(24-35(26-53-4)55-43(50)30-12-8-7-9-13-30)56(51,52)46-42(49)32-16-20-40-38(23-32)47(25-33-15-18-36(33)39(48)6-2)27-44(28-54-40)21-10-14-31-22-34(45)17-19-37(31)44/h2*5-9,12-13,16-17,19-20,22-23,29,33,35-36,39,41,48H,1-2,10-11,14-15,18,21,24-28H2,3-4H3,(H,46,49)/t29-,33-,35-,36+,39-,41+,44-;29-,33-,35-,36+,39-,41-,44-/m00/s1. The number of nitrogens with zero attached hydrogens (tertiary/aromatic N) is 2. The molecule has 6 aromatic carbocycles. The van der Waals surface area contributed by atoms with Gasteiger partial charge in [-0.05, 0) is 220 Å². The number of anilines is 2. The molecule has 0 saturated heterocycles. The lowest BCUT2D eigenvalue weighted by molar-refractivity contribution is 0.00119. The lowest BCUT2D eigenvalue weighted by Crippen LogP contribution is -2.49. The van der Waals surface area contributed by atoms with Crippen LogP contribution in [0, 0.1) is 35.5 Å². The lowest BCUT2D eigenvalue weighted by Gasteiger charge is -2.45. The van der Waals surface area contributed by atoms with Crippen LogP contribution in [0.4, 0.5) is 11.4 Å². The van der Waals surface area contributed by atoms with E-state index in [0.717, 1.165) is 64.2 Å². The summed E-state index contributed by atoms with van der Waals surface area (Å²) in [7, 11) is -5.76. The minimum atomic E-state index is -4.33. The van der Waals surface area contributed by atoms with Crippen molar-refractivity contribution in [2.75, 3.05) is 76.6 Å². The molecule has 14 atom stereocenters. The number of ether oxygens (including phenoxy) is 6. The fourth-order valence-corrected chi connectivity index (χ4v) is 21.3. The maximum atomic E-state index is 14.2. The molecule has 112 heavy (non-hydrogen) atoms. The Hall–Kier alpha value is -8.32. The van der Waals surface area contributed by atoms with Crippen molar-refractivity contribution >= 4 is 78.4 Å². The zero-order chi connectivity index (χ0) is 80.1. The number of benzene rings is 6. The molecule has 2 heterocycles. The molecule has 2 aliphatic heterocycles. The first-order valence-electron chi connectivity index (χ1n) is 38.8. The topological polar surface area (TPSA) is 263 Å². The number of halogens is 2. The Labute approximate surface area is 670 Å². The molecular weight excluding hydrogens is 1500 g/mol. The van der Waals surface area contributed by atoms with Gasteiger partial charge in [0, 0.05) is 85.2 Å². The Bertz CT molecular complexity index is 4300. The number of rotatable bonds is 32. The largest absolute Gasteiger partial charge is 0.490 e. The average molecular weight is 1610 g/mol. The lowest BCUT2D eigenvalue weighted by atomic mass is 9.68. The van der Waals surface area contributed by atoms with Gasteiger partial charge in [0.05, 0.1) is 71.6 Å². The number of hydrogen-bond donors (Lipinski definition) is 4. The van der Waals surface area contributed by atoms with E-state index in [0.29, 0.717) is 96.3 Å². The molecular formula is C88H106Cl2N4O16S2. The quantitative estimate of drug-likeness (QED) is 0.0226. The number of carbonyl (C=O) groups is 4. The number of aliphatic hydroxyl groups excluding tert-OH is 2. The van der Waals surface area contributed by atoms with Crippen LogP contribution in [0.3, 0.4) is 0 Å². The molecule has 2 amide bonds. The monoisotopic (exact) mass is 1610 g/mol. The van der Waals surface area contributed by atoms with Crippen LogP contribution in [0.1, 0.15) is 155 Å². The molecule has 4 N–H and O–H groups in total. The van der Waals surface area contributed by atoms with E-state index < -0.39 is 90.6 Å². The SMILES string of the molecule is C=CC[C@H](C)[C@@H](C[C@@H](COC)OC(=O)c1ccccc1)S(=O)(=O)NC(=O)c1ccc2c(c1)N(C[C@@H]1CC[C@H]1[C@@H](O)C=C)C[C@@]1(CCCc3cc(Cl)ccc31)CO2.C=CC[C@H](C)[C@H](C[C@@H](COC)OC(=O)c1ccccc1)S(=O)(=O)NC(=O)c1ccc2c(c1)N(C[C@@H]1CC[C@H]1[C@@H](O)C=C)C[C@@]1(CCCc3cc(Cl)ccc31)CO2. The summed E-state index contributed by atoms with van der Waals surface area (Å²) in [4.78, 5) is 58.5. The molecule has 0 radical (unpaired) electrons. The third-order valence-corrected chi connectivity index (χ3v) is 28.0. The zero-order valence-electron chi connectivity index (χ0n) is 64.4. The van der Waals surface area contributed by atoms with Gasteiger partial charge in [0.25, 0.3) is 11.8 Å². The molecule has 0 aromatic heterocycles.